The van der Waals surface area contributed by atoms with Crippen molar-refractivity contribution in [2.24, 2.45) is 0 Å². The average molecular weight is 298 g/mol. The summed E-state index contributed by atoms with van der Waals surface area (Å²) in [5.74, 6) is 0. The highest BCUT2D eigenvalue weighted by Crippen LogP contribution is 2.20. The summed E-state index contributed by atoms with van der Waals surface area (Å²) < 4.78 is 10.2. The second kappa shape index (κ2) is 8.11. The van der Waals surface area contributed by atoms with Crippen LogP contribution < -0.4 is 4.90 Å². The van der Waals surface area contributed by atoms with Gasteiger partial charge in [0.1, 0.15) is 5.52 Å². The monoisotopic (exact) mass is 298 g/mol. The molecule has 1 aromatic heterocycles. The molecule has 0 unspecified atom stereocenters. The van der Waals surface area contributed by atoms with Crippen LogP contribution in [0.15, 0.2) is 28.7 Å². The van der Waals surface area contributed by atoms with E-state index in [-0.39, 0.29) is 0 Å². The van der Waals surface area contributed by atoms with Crippen LogP contribution in [-0.4, -0.2) is 31.4 Å². The van der Waals surface area contributed by atoms with Crippen molar-refractivity contribution in [2.45, 2.75) is 12.8 Å². The molecule has 2 aromatic rings. The minimum Gasteiger partial charge on any atom is -0.423 e. The Morgan fingerprint density at radius 1 is 1.30 bits per heavy atom. The van der Waals surface area contributed by atoms with Gasteiger partial charge in [0.25, 0.3) is 6.01 Å². The Hall–Kier alpha value is -1.28. The number of aromatic nitrogens is 1. The van der Waals surface area contributed by atoms with Crippen molar-refractivity contribution in [2.75, 3.05) is 31.4 Å². The van der Waals surface area contributed by atoms with Gasteiger partial charge in [-0.25, -0.2) is 4.89 Å². The molecule has 0 atom stereocenters. The highest BCUT2D eigenvalue weighted by molar-refractivity contribution is 7.93. The third-order valence-corrected chi connectivity index (χ3v) is 2.92. The molecular formula is C13H18N2O4S. The van der Waals surface area contributed by atoms with Crippen molar-refractivity contribution in [1.29, 1.82) is 0 Å². The molecule has 0 fully saturated rings. The number of para-hydroxylation sites is 2. The van der Waals surface area contributed by atoms with Crippen LogP contribution in [0.2, 0.25) is 0 Å². The van der Waals surface area contributed by atoms with Crippen LogP contribution in [0.25, 0.3) is 11.1 Å². The maximum Gasteiger partial charge on any atom is 0.298 e. The SMILES string of the molecule is CSOOOCCCCN(C)c1nc2ccccc2o1. The molecule has 0 aliphatic rings. The predicted molar refractivity (Wildman–Crippen MR) is 78.2 cm³/mol. The molecule has 0 N–H and O–H groups in total. The number of fused-ring (bicyclic) bond motifs is 1. The van der Waals surface area contributed by atoms with Crippen LogP contribution >= 0.6 is 12.0 Å². The molecular weight excluding hydrogens is 280 g/mol. The summed E-state index contributed by atoms with van der Waals surface area (Å²) in [5.41, 5.74) is 1.68. The molecule has 110 valence electrons. The first-order valence-electron chi connectivity index (χ1n) is 6.37. The molecule has 0 radical (unpaired) electrons. The van der Waals surface area contributed by atoms with E-state index in [2.05, 4.69) is 14.4 Å². The molecule has 20 heavy (non-hydrogen) atoms. The number of anilines is 1. The van der Waals surface area contributed by atoms with Gasteiger partial charge >= 0.3 is 0 Å². The Labute approximate surface area is 122 Å². The van der Waals surface area contributed by atoms with Crippen molar-refractivity contribution < 1.29 is 18.7 Å². The van der Waals surface area contributed by atoms with Crippen LogP contribution in [-0.2, 0) is 14.3 Å². The zero-order valence-electron chi connectivity index (χ0n) is 11.6. The molecule has 0 saturated heterocycles. The summed E-state index contributed by atoms with van der Waals surface area (Å²) >= 11 is 1.09. The van der Waals surface area contributed by atoms with Crippen molar-refractivity contribution in [1.82, 2.24) is 4.98 Å². The minimum absolute atomic E-state index is 0.488. The third kappa shape index (κ3) is 4.38. The lowest BCUT2D eigenvalue weighted by Crippen LogP contribution is -2.19. The molecule has 1 heterocycles. The maximum absolute atomic E-state index is 5.68. The first-order valence-corrected chi connectivity index (χ1v) is 7.52. The van der Waals surface area contributed by atoms with Crippen molar-refractivity contribution in [3.63, 3.8) is 0 Å². The van der Waals surface area contributed by atoms with Gasteiger partial charge in [0.2, 0.25) is 0 Å². The topological polar surface area (TPSA) is 57.0 Å². The maximum atomic E-state index is 5.68. The fraction of sp³-hybridized carbons (Fsp3) is 0.462. The van der Waals surface area contributed by atoms with Gasteiger partial charge < -0.3 is 9.32 Å². The summed E-state index contributed by atoms with van der Waals surface area (Å²) in [6, 6.07) is 8.37. The second-order valence-electron chi connectivity index (χ2n) is 4.22. The molecule has 0 aliphatic heterocycles. The fourth-order valence-electron chi connectivity index (χ4n) is 1.71. The molecule has 6 nitrogen and oxygen atoms in total. The lowest BCUT2D eigenvalue weighted by molar-refractivity contribution is -0.460. The van der Waals surface area contributed by atoms with E-state index in [1.54, 1.807) is 6.26 Å². The van der Waals surface area contributed by atoms with Crippen molar-refractivity contribution >= 4 is 29.2 Å². The Morgan fingerprint density at radius 2 is 2.15 bits per heavy atom. The quantitative estimate of drug-likeness (QED) is 0.305. The smallest absolute Gasteiger partial charge is 0.298 e. The van der Waals surface area contributed by atoms with Gasteiger partial charge in [0.05, 0.1) is 6.61 Å². The van der Waals surface area contributed by atoms with E-state index in [1.165, 1.54) is 0 Å². The van der Waals surface area contributed by atoms with Crippen molar-refractivity contribution in [3.8, 4) is 0 Å². The van der Waals surface area contributed by atoms with E-state index >= 15 is 0 Å². The fourth-order valence-corrected chi connectivity index (χ4v) is 1.81. The standard InChI is InChI=1S/C13H18N2O4S/c1-15(9-5-6-10-16-18-19-20-2)13-14-11-7-3-4-8-12(11)17-13/h3-4,7-8H,5-6,9-10H2,1-2H3. The molecule has 7 heteroatoms. The van der Waals surface area contributed by atoms with Gasteiger partial charge in [-0.1, -0.05) is 17.2 Å². The van der Waals surface area contributed by atoms with E-state index in [0.717, 1.165) is 42.5 Å². The number of unbranched alkanes of at least 4 members (excludes halogenated alkanes) is 1. The molecule has 0 amide bonds. The second-order valence-corrected chi connectivity index (χ2v) is 4.69. The zero-order valence-corrected chi connectivity index (χ0v) is 12.4. The minimum atomic E-state index is 0.488. The zero-order chi connectivity index (χ0) is 14.2. The van der Waals surface area contributed by atoms with E-state index < -0.39 is 0 Å². The van der Waals surface area contributed by atoms with Gasteiger partial charge in [-0.3, -0.25) is 0 Å². The van der Waals surface area contributed by atoms with E-state index in [0.29, 0.717) is 12.6 Å². The van der Waals surface area contributed by atoms with Gasteiger partial charge in [0, 0.05) is 31.9 Å². The van der Waals surface area contributed by atoms with Gasteiger partial charge in [-0.05, 0) is 25.0 Å². The van der Waals surface area contributed by atoms with Crippen LogP contribution in [0, 0.1) is 0 Å². The number of oxazole rings is 1. The van der Waals surface area contributed by atoms with Gasteiger partial charge in [-0.15, -0.1) is 4.33 Å². The Balaban J connectivity index is 1.70. The van der Waals surface area contributed by atoms with Gasteiger partial charge in [-0.2, -0.15) is 4.98 Å². The predicted octanol–water partition coefficient (Wildman–Crippen LogP) is 3.20. The number of hydrogen-bond donors (Lipinski definition) is 0. The summed E-state index contributed by atoms with van der Waals surface area (Å²) in [4.78, 5) is 11.2. The van der Waals surface area contributed by atoms with E-state index in [1.807, 2.05) is 36.2 Å². The van der Waals surface area contributed by atoms with Crippen molar-refractivity contribution in [3.05, 3.63) is 24.3 Å². The number of benzene rings is 1. The highest BCUT2D eigenvalue weighted by atomic mass is 32.2. The normalized spacial score (nSPS) is 11.1. The molecule has 0 aliphatic carbocycles. The highest BCUT2D eigenvalue weighted by Gasteiger charge is 2.09. The van der Waals surface area contributed by atoms with Crippen LogP contribution in [0.5, 0.6) is 0 Å². The van der Waals surface area contributed by atoms with E-state index in [9.17, 15) is 0 Å². The molecule has 0 bridgehead atoms. The molecule has 0 spiro atoms. The van der Waals surface area contributed by atoms with Crippen LogP contribution in [0.4, 0.5) is 6.01 Å². The first kappa shape index (κ1) is 15.1. The van der Waals surface area contributed by atoms with Crippen LogP contribution in [0.1, 0.15) is 12.8 Å². The van der Waals surface area contributed by atoms with Crippen LogP contribution in [0.3, 0.4) is 0 Å². The Morgan fingerprint density at radius 3 is 2.95 bits per heavy atom. The Bertz CT molecular complexity index is 487. The first-order chi connectivity index (χ1) is 9.81. The summed E-state index contributed by atoms with van der Waals surface area (Å²) in [6.45, 7) is 1.32. The number of rotatable bonds is 9. The Kier molecular flexibility index (Phi) is 6.13. The average Bonchev–Trinajstić information content (AvgIpc) is 2.90. The van der Waals surface area contributed by atoms with E-state index in [4.69, 9.17) is 9.30 Å². The van der Waals surface area contributed by atoms with Gasteiger partial charge in [0.15, 0.2) is 5.58 Å². The summed E-state index contributed by atoms with van der Waals surface area (Å²) in [7, 11) is 1.96. The lowest BCUT2D eigenvalue weighted by atomic mass is 10.3. The molecule has 1 aromatic carbocycles. The largest absolute Gasteiger partial charge is 0.423 e. The number of hydrogen-bond acceptors (Lipinski definition) is 7. The molecule has 0 saturated carbocycles. The summed E-state index contributed by atoms with van der Waals surface area (Å²) in [6.07, 6.45) is 3.55. The lowest BCUT2D eigenvalue weighted by Gasteiger charge is -2.13. The summed E-state index contributed by atoms with van der Waals surface area (Å²) in [5, 5.41) is 4.43. The molecule has 2 rings (SSSR count). The number of nitrogens with zero attached hydrogens (tertiary/aromatic N) is 2. The third-order valence-electron chi connectivity index (χ3n) is 2.72.